The summed E-state index contributed by atoms with van der Waals surface area (Å²) in [5, 5.41) is 7.49. The van der Waals surface area contributed by atoms with Crippen molar-refractivity contribution in [3.63, 3.8) is 0 Å². The van der Waals surface area contributed by atoms with Crippen LogP contribution in [-0.4, -0.2) is 21.7 Å². The summed E-state index contributed by atoms with van der Waals surface area (Å²) in [6.45, 7) is 6.41. The van der Waals surface area contributed by atoms with Gasteiger partial charge in [-0.15, -0.1) is 0 Å². The lowest BCUT2D eigenvalue weighted by atomic mass is 9.78. The molecule has 1 aromatic heterocycles. The number of rotatable bonds is 4. The number of hydrogen-bond acceptors (Lipinski definition) is 3. The summed E-state index contributed by atoms with van der Waals surface area (Å²) in [5.74, 6) is 0.919. The Hall–Kier alpha value is -2.43. The minimum atomic E-state index is -0.263. The molecular formula is C21H27N3O2. The molecule has 3 rings (SSSR count). The zero-order valence-corrected chi connectivity index (χ0v) is 15.7. The largest absolute Gasteiger partial charge is 0.351 e. The van der Waals surface area contributed by atoms with Gasteiger partial charge in [0, 0.05) is 17.7 Å². The smallest absolute Gasteiger partial charge is 0.267 e. The van der Waals surface area contributed by atoms with E-state index in [1.807, 2.05) is 31.2 Å². The van der Waals surface area contributed by atoms with Gasteiger partial charge in [0.1, 0.15) is 6.54 Å². The summed E-state index contributed by atoms with van der Waals surface area (Å²) in [6, 6.07) is 11.3. The molecular weight excluding hydrogens is 326 g/mol. The molecule has 3 atom stereocenters. The van der Waals surface area contributed by atoms with Crippen LogP contribution in [0.2, 0.25) is 0 Å². The van der Waals surface area contributed by atoms with Crippen molar-refractivity contribution in [2.75, 3.05) is 0 Å². The molecule has 0 aliphatic heterocycles. The number of aryl methyl sites for hydroxylation is 1. The van der Waals surface area contributed by atoms with Crippen molar-refractivity contribution in [3.05, 3.63) is 52.3 Å². The summed E-state index contributed by atoms with van der Waals surface area (Å²) in [7, 11) is 0. The molecule has 138 valence electrons. The average molecular weight is 353 g/mol. The van der Waals surface area contributed by atoms with Crippen molar-refractivity contribution in [3.8, 4) is 11.3 Å². The van der Waals surface area contributed by atoms with E-state index in [2.05, 4.69) is 24.3 Å². The minimum absolute atomic E-state index is 0.0455. The van der Waals surface area contributed by atoms with E-state index in [-0.39, 0.29) is 24.1 Å². The summed E-state index contributed by atoms with van der Waals surface area (Å²) < 4.78 is 1.25. The quantitative estimate of drug-likeness (QED) is 0.918. The maximum absolute atomic E-state index is 12.5. The molecule has 0 bridgehead atoms. The first-order chi connectivity index (χ1) is 12.4. The topological polar surface area (TPSA) is 64.0 Å². The van der Waals surface area contributed by atoms with Gasteiger partial charge in [0.15, 0.2) is 0 Å². The highest BCUT2D eigenvalue weighted by molar-refractivity contribution is 5.76. The highest BCUT2D eigenvalue weighted by Gasteiger charge is 2.28. The number of carbonyl (C=O) groups excluding carboxylic acids is 1. The van der Waals surface area contributed by atoms with Crippen molar-refractivity contribution in [2.45, 2.75) is 52.6 Å². The molecule has 5 heteroatoms. The lowest BCUT2D eigenvalue weighted by molar-refractivity contribution is -0.123. The Morgan fingerprint density at radius 3 is 2.62 bits per heavy atom. The van der Waals surface area contributed by atoms with Gasteiger partial charge in [-0.05, 0) is 31.2 Å². The molecule has 1 amide bonds. The van der Waals surface area contributed by atoms with E-state index < -0.39 is 0 Å². The van der Waals surface area contributed by atoms with Gasteiger partial charge in [-0.25, -0.2) is 4.68 Å². The van der Waals surface area contributed by atoms with E-state index in [9.17, 15) is 9.59 Å². The standard InChI is InChI=1S/C21H27N3O2/c1-14-7-9-17(10-8-14)19-11-12-21(26)24(23-19)13-20(25)22-18-6-4-5-15(2)16(18)3/h7-12,15-16,18H,4-6,13H2,1-3H3,(H,22,25). The van der Waals surface area contributed by atoms with Gasteiger partial charge in [-0.2, -0.15) is 5.10 Å². The van der Waals surface area contributed by atoms with Crippen molar-refractivity contribution in [1.82, 2.24) is 15.1 Å². The fourth-order valence-electron chi connectivity index (χ4n) is 3.61. The number of aromatic nitrogens is 2. The summed E-state index contributed by atoms with van der Waals surface area (Å²) in [4.78, 5) is 24.6. The van der Waals surface area contributed by atoms with Gasteiger partial charge < -0.3 is 5.32 Å². The highest BCUT2D eigenvalue weighted by atomic mass is 16.2. The first-order valence-corrected chi connectivity index (χ1v) is 9.38. The second-order valence-corrected chi connectivity index (χ2v) is 7.52. The molecule has 5 nitrogen and oxygen atoms in total. The average Bonchev–Trinajstić information content (AvgIpc) is 2.62. The molecule has 1 N–H and O–H groups in total. The van der Waals surface area contributed by atoms with Crippen molar-refractivity contribution in [1.29, 1.82) is 0 Å². The molecule has 0 radical (unpaired) electrons. The van der Waals surface area contributed by atoms with Crippen molar-refractivity contribution < 1.29 is 4.79 Å². The lowest BCUT2D eigenvalue weighted by Crippen LogP contribution is -2.45. The zero-order valence-electron chi connectivity index (χ0n) is 15.7. The molecule has 3 unspecified atom stereocenters. The van der Waals surface area contributed by atoms with E-state index in [1.165, 1.54) is 17.2 Å². The zero-order chi connectivity index (χ0) is 18.7. The summed E-state index contributed by atoms with van der Waals surface area (Å²) >= 11 is 0. The van der Waals surface area contributed by atoms with Crippen molar-refractivity contribution >= 4 is 5.91 Å². The van der Waals surface area contributed by atoms with E-state index in [0.717, 1.165) is 24.0 Å². The summed E-state index contributed by atoms with van der Waals surface area (Å²) in [6.07, 6.45) is 3.35. The first-order valence-electron chi connectivity index (χ1n) is 9.38. The second-order valence-electron chi connectivity index (χ2n) is 7.52. The molecule has 1 aliphatic carbocycles. The molecule has 1 fully saturated rings. The van der Waals surface area contributed by atoms with Crippen LogP contribution in [-0.2, 0) is 11.3 Å². The van der Waals surface area contributed by atoms with E-state index >= 15 is 0 Å². The predicted octanol–water partition coefficient (Wildman–Crippen LogP) is 3.16. The van der Waals surface area contributed by atoms with Gasteiger partial charge in [0.25, 0.3) is 5.56 Å². The Morgan fingerprint density at radius 2 is 1.88 bits per heavy atom. The van der Waals surface area contributed by atoms with Gasteiger partial charge in [0.05, 0.1) is 5.69 Å². The molecule has 2 aromatic rings. The number of hydrogen-bond donors (Lipinski definition) is 1. The Balaban J connectivity index is 1.72. The lowest BCUT2D eigenvalue weighted by Gasteiger charge is -2.34. The van der Waals surface area contributed by atoms with Gasteiger partial charge in [-0.1, -0.05) is 56.5 Å². The van der Waals surface area contributed by atoms with E-state index in [4.69, 9.17) is 0 Å². The van der Waals surface area contributed by atoms with Gasteiger partial charge >= 0.3 is 0 Å². The van der Waals surface area contributed by atoms with E-state index in [0.29, 0.717) is 17.5 Å². The molecule has 1 aliphatic rings. The highest BCUT2D eigenvalue weighted by Crippen LogP contribution is 2.29. The first kappa shape index (κ1) is 18.4. The maximum Gasteiger partial charge on any atom is 0.267 e. The third-order valence-electron chi connectivity index (χ3n) is 5.56. The van der Waals surface area contributed by atoms with Crippen LogP contribution in [0.15, 0.2) is 41.2 Å². The SMILES string of the molecule is Cc1ccc(-c2ccc(=O)n(CC(=O)NC3CCCC(C)C3C)n2)cc1. The minimum Gasteiger partial charge on any atom is -0.351 e. The molecule has 1 saturated carbocycles. The van der Waals surface area contributed by atoms with Crippen LogP contribution in [0, 0.1) is 18.8 Å². The van der Waals surface area contributed by atoms with Gasteiger partial charge in [0.2, 0.25) is 5.91 Å². The maximum atomic E-state index is 12.5. The number of benzene rings is 1. The third kappa shape index (κ3) is 4.21. The predicted molar refractivity (Wildman–Crippen MR) is 103 cm³/mol. The van der Waals surface area contributed by atoms with Gasteiger partial charge in [-0.3, -0.25) is 9.59 Å². The van der Waals surface area contributed by atoms with Crippen LogP contribution in [0.1, 0.15) is 38.7 Å². The van der Waals surface area contributed by atoms with Crippen LogP contribution in [0.25, 0.3) is 11.3 Å². The number of carbonyl (C=O) groups is 1. The summed E-state index contributed by atoms with van der Waals surface area (Å²) in [5.41, 5.74) is 2.52. The fourth-order valence-corrected chi connectivity index (χ4v) is 3.61. The van der Waals surface area contributed by atoms with Crippen LogP contribution in [0.4, 0.5) is 0 Å². The second kappa shape index (κ2) is 7.85. The van der Waals surface area contributed by atoms with Crippen LogP contribution in [0.5, 0.6) is 0 Å². The molecule has 1 aromatic carbocycles. The number of amides is 1. The Morgan fingerprint density at radius 1 is 1.15 bits per heavy atom. The number of nitrogens with zero attached hydrogens (tertiary/aromatic N) is 2. The monoisotopic (exact) mass is 353 g/mol. The van der Waals surface area contributed by atoms with Crippen LogP contribution in [0.3, 0.4) is 0 Å². The van der Waals surface area contributed by atoms with Crippen molar-refractivity contribution in [2.24, 2.45) is 11.8 Å². The molecule has 0 spiro atoms. The molecule has 0 saturated heterocycles. The molecule has 1 heterocycles. The van der Waals surface area contributed by atoms with Crippen LogP contribution < -0.4 is 10.9 Å². The van der Waals surface area contributed by atoms with Crippen LogP contribution >= 0.6 is 0 Å². The Bertz CT molecular complexity index is 826. The van der Waals surface area contributed by atoms with E-state index in [1.54, 1.807) is 6.07 Å². The third-order valence-corrected chi connectivity index (χ3v) is 5.56. The Labute approximate surface area is 154 Å². The number of nitrogens with one attached hydrogen (secondary N) is 1. The normalized spacial score (nSPS) is 22.8. The Kier molecular flexibility index (Phi) is 5.55. The fraction of sp³-hybridized carbons (Fsp3) is 0.476. The molecule has 26 heavy (non-hydrogen) atoms.